The molecule has 1 aromatic heterocycles. The van der Waals surface area contributed by atoms with E-state index in [1.807, 2.05) is 0 Å². The molecule has 0 saturated carbocycles. The molecule has 1 heterocycles. The molecule has 6 nitrogen and oxygen atoms in total. The average molecular weight is 239 g/mol. The average Bonchev–Trinajstić information content (AvgIpc) is 2.34. The molecule has 1 unspecified atom stereocenters. The predicted octanol–water partition coefficient (Wildman–Crippen LogP) is 0.0622. The summed E-state index contributed by atoms with van der Waals surface area (Å²) < 4.78 is 10.4. The largest absolute Gasteiger partial charge is 0.493 e. The number of aromatic nitrogens is 1. The van der Waals surface area contributed by atoms with E-state index in [0.717, 1.165) is 0 Å². The maximum Gasteiger partial charge on any atom is 0.234 e. The number of methoxy groups -OCH3 is 2. The molecule has 94 valence electrons. The van der Waals surface area contributed by atoms with Gasteiger partial charge < -0.3 is 20.5 Å². The third-order valence-corrected chi connectivity index (χ3v) is 2.37. The first-order valence-corrected chi connectivity index (χ1v) is 5.18. The predicted molar refractivity (Wildman–Crippen MR) is 62.8 cm³/mol. The number of ether oxygens (including phenoxy) is 2. The van der Waals surface area contributed by atoms with Crippen LogP contribution in [0.5, 0.6) is 11.5 Å². The Morgan fingerprint density at radius 2 is 2.24 bits per heavy atom. The van der Waals surface area contributed by atoms with Gasteiger partial charge in [-0.1, -0.05) is 0 Å². The lowest BCUT2D eigenvalue weighted by atomic mass is 10.2. The lowest BCUT2D eigenvalue weighted by Crippen LogP contribution is -2.38. The number of nitrogens with zero attached hydrogens (tertiary/aromatic N) is 1. The van der Waals surface area contributed by atoms with Crippen molar-refractivity contribution >= 4 is 5.91 Å². The molecule has 0 aliphatic rings. The zero-order chi connectivity index (χ0) is 12.8. The molecular weight excluding hydrogens is 222 g/mol. The Hall–Kier alpha value is -1.82. The van der Waals surface area contributed by atoms with Gasteiger partial charge in [-0.05, 0) is 6.92 Å². The van der Waals surface area contributed by atoms with E-state index in [1.54, 1.807) is 33.4 Å². The number of hydrogen-bond acceptors (Lipinski definition) is 5. The summed E-state index contributed by atoms with van der Waals surface area (Å²) in [6.45, 7) is 2.07. The molecular formula is C11H17N3O3. The summed E-state index contributed by atoms with van der Waals surface area (Å²) in [5.41, 5.74) is 5.82. The topological polar surface area (TPSA) is 86.5 Å². The summed E-state index contributed by atoms with van der Waals surface area (Å²) in [7, 11) is 3.10. The third kappa shape index (κ3) is 3.32. The van der Waals surface area contributed by atoms with Crippen LogP contribution in [0.3, 0.4) is 0 Å². The van der Waals surface area contributed by atoms with Crippen molar-refractivity contribution in [1.29, 1.82) is 0 Å². The fourth-order valence-electron chi connectivity index (χ4n) is 1.33. The van der Waals surface area contributed by atoms with E-state index in [4.69, 9.17) is 15.2 Å². The first-order chi connectivity index (χ1) is 8.10. The zero-order valence-corrected chi connectivity index (χ0v) is 10.2. The Morgan fingerprint density at radius 3 is 2.76 bits per heavy atom. The second kappa shape index (κ2) is 6.05. The number of amides is 1. The van der Waals surface area contributed by atoms with E-state index in [2.05, 4.69) is 10.3 Å². The molecule has 0 radical (unpaired) electrons. The Labute approximate surface area is 100 Å². The molecule has 6 heteroatoms. The molecule has 1 amide bonds. The summed E-state index contributed by atoms with van der Waals surface area (Å²) in [6.07, 6.45) is 1.62. The molecule has 0 aliphatic carbocycles. The number of rotatable bonds is 6. The van der Waals surface area contributed by atoms with Gasteiger partial charge in [0.1, 0.15) is 0 Å². The van der Waals surface area contributed by atoms with Crippen molar-refractivity contribution in [2.75, 3.05) is 14.2 Å². The van der Waals surface area contributed by atoms with Gasteiger partial charge in [0.2, 0.25) is 5.91 Å². The van der Waals surface area contributed by atoms with Crippen LogP contribution in [-0.2, 0) is 11.3 Å². The number of nitrogens with two attached hydrogens (primary N) is 1. The minimum atomic E-state index is -0.423. The first kappa shape index (κ1) is 13.2. The fraction of sp³-hybridized carbons (Fsp3) is 0.455. The number of carbonyl (C=O) groups is 1. The second-order valence-corrected chi connectivity index (χ2v) is 3.50. The first-order valence-electron chi connectivity index (χ1n) is 5.18. The van der Waals surface area contributed by atoms with Crippen molar-refractivity contribution in [3.63, 3.8) is 0 Å². The van der Waals surface area contributed by atoms with Crippen LogP contribution >= 0.6 is 0 Å². The standard InChI is InChI=1S/C11H17N3O3/c1-7(11(12)15)14-6-8-10(17-3)9(16-2)4-5-13-8/h4-5,7,14H,6H2,1-3H3,(H2,12,15). The van der Waals surface area contributed by atoms with Crippen molar-refractivity contribution < 1.29 is 14.3 Å². The maximum atomic E-state index is 10.9. The van der Waals surface area contributed by atoms with Gasteiger partial charge in [0.15, 0.2) is 11.5 Å². The van der Waals surface area contributed by atoms with Gasteiger partial charge in [0.05, 0.1) is 26.0 Å². The monoisotopic (exact) mass is 239 g/mol. The lowest BCUT2D eigenvalue weighted by Gasteiger charge is -2.14. The maximum absolute atomic E-state index is 10.9. The van der Waals surface area contributed by atoms with E-state index in [1.165, 1.54) is 0 Å². The van der Waals surface area contributed by atoms with Crippen molar-refractivity contribution in [2.24, 2.45) is 5.73 Å². The normalized spacial score (nSPS) is 11.9. The van der Waals surface area contributed by atoms with Crippen molar-refractivity contribution in [1.82, 2.24) is 10.3 Å². The van der Waals surface area contributed by atoms with E-state index < -0.39 is 11.9 Å². The van der Waals surface area contributed by atoms with E-state index >= 15 is 0 Å². The highest BCUT2D eigenvalue weighted by Gasteiger charge is 2.13. The Balaban J connectivity index is 2.80. The van der Waals surface area contributed by atoms with Gasteiger partial charge in [-0.3, -0.25) is 9.78 Å². The van der Waals surface area contributed by atoms with Gasteiger partial charge >= 0.3 is 0 Å². The number of primary amides is 1. The molecule has 17 heavy (non-hydrogen) atoms. The van der Waals surface area contributed by atoms with Gasteiger partial charge in [-0.15, -0.1) is 0 Å². The van der Waals surface area contributed by atoms with Crippen LogP contribution in [0.2, 0.25) is 0 Å². The summed E-state index contributed by atoms with van der Waals surface area (Å²) in [6, 6.07) is 1.28. The Bertz CT molecular complexity index is 396. The van der Waals surface area contributed by atoms with Gasteiger partial charge in [-0.25, -0.2) is 0 Å². The molecule has 0 aromatic carbocycles. The van der Waals surface area contributed by atoms with Crippen LogP contribution in [0.4, 0.5) is 0 Å². The van der Waals surface area contributed by atoms with Crippen LogP contribution in [0.1, 0.15) is 12.6 Å². The van der Waals surface area contributed by atoms with Crippen LogP contribution in [0.25, 0.3) is 0 Å². The van der Waals surface area contributed by atoms with E-state index in [-0.39, 0.29) is 0 Å². The summed E-state index contributed by atoms with van der Waals surface area (Å²) in [5, 5.41) is 2.95. The fourth-order valence-corrected chi connectivity index (χ4v) is 1.33. The highest BCUT2D eigenvalue weighted by molar-refractivity contribution is 5.79. The summed E-state index contributed by atoms with van der Waals surface area (Å²) >= 11 is 0. The number of nitrogens with one attached hydrogen (secondary N) is 1. The van der Waals surface area contributed by atoms with Crippen LogP contribution in [0, 0.1) is 0 Å². The Morgan fingerprint density at radius 1 is 1.53 bits per heavy atom. The lowest BCUT2D eigenvalue weighted by molar-refractivity contribution is -0.119. The second-order valence-electron chi connectivity index (χ2n) is 3.50. The third-order valence-electron chi connectivity index (χ3n) is 2.37. The summed E-state index contributed by atoms with van der Waals surface area (Å²) in [4.78, 5) is 15.1. The molecule has 1 atom stereocenters. The van der Waals surface area contributed by atoms with Gasteiger partial charge in [0, 0.05) is 18.8 Å². The zero-order valence-electron chi connectivity index (χ0n) is 10.2. The van der Waals surface area contributed by atoms with Crippen molar-refractivity contribution in [3.05, 3.63) is 18.0 Å². The highest BCUT2D eigenvalue weighted by Crippen LogP contribution is 2.28. The number of carbonyl (C=O) groups excluding carboxylic acids is 1. The van der Waals surface area contributed by atoms with Gasteiger partial charge in [-0.2, -0.15) is 0 Å². The van der Waals surface area contributed by atoms with E-state index in [9.17, 15) is 4.79 Å². The summed E-state index contributed by atoms with van der Waals surface area (Å²) in [5.74, 6) is 0.747. The van der Waals surface area contributed by atoms with E-state index in [0.29, 0.717) is 23.7 Å². The smallest absolute Gasteiger partial charge is 0.234 e. The number of pyridine rings is 1. The van der Waals surface area contributed by atoms with Crippen molar-refractivity contribution in [3.8, 4) is 11.5 Å². The quantitative estimate of drug-likeness (QED) is 0.733. The van der Waals surface area contributed by atoms with Crippen molar-refractivity contribution in [2.45, 2.75) is 19.5 Å². The number of hydrogen-bond donors (Lipinski definition) is 2. The van der Waals surface area contributed by atoms with Gasteiger partial charge in [0.25, 0.3) is 0 Å². The molecule has 1 aromatic rings. The minimum absolute atomic E-state index is 0.379. The molecule has 0 spiro atoms. The molecule has 3 N–H and O–H groups in total. The molecule has 0 bridgehead atoms. The van der Waals surface area contributed by atoms with Crippen LogP contribution in [-0.4, -0.2) is 31.2 Å². The molecule has 0 fully saturated rings. The molecule has 0 aliphatic heterocycles. The Kier molecular flexibility index (Phi) is 4.71. The minimum Gasteiger partial charge on any atom is -0.493 e. The molecule has 1 rings (SSSR count). The SMILES string of the molecule is COc1ccnc(CNC(C)C(N)=O)c1OC. The molecule has 0 saturated heterocycles. The van der Waals surface area contributed by atoms with Crippen LogP contribution in [0.15, 0.2) is 12.3 Å². The van der Waals surface area contributed by atoms with Crippen LogP contribution < -0.4 is 20.5 Å². The highest BCUT2D eigenvalue weighted by atomic mass is 16.5.